The maximum absolute atomic E-state index is 11.6. The highest BCUT2D eigenvalue weighted by molar-refractivity contribution is 7.99. The van der Waals surface area contributed by atoms with E-state index in [4.69, 9.17) is 5.11 Å². The van der Waals surface area contributed by atoms with Crippen LogP contribution in [0.5, 0.6) is 0 Å². The van der Waals surface area contributed by atoms with Crippen LogP contribution >= 0.6 is 23.1 Å². The number of thiazole rings is 1. The number of hydrogen-bond acceptors (Lipinski definition) is 5. The van der Waals surface area contributed by atoms with Crippen molar-refractivity contribution in [1.29, 1.82) is 0 Å². The van der Waals surface area contributed by atoms with E-state index in [9.17, 15) is 4.79 Å². The molecule has 1 aromatic rings. The Bertz CT molecular complexity index is 402. The number of aliphatic hydroxyl groups is 1. The SMILES string of the molecule is Cc1nc(CSCC(=O)NC2(CO)CC2)cs1. The van der Waals surface area contributed by atoms with Crippen LogP contribution in [0.2, 0.25) is 0 Å². The zero-order valence-electron chi connectivity index (χ0n) is 9.73. The molecule has 1 amide bonds. The third-order valence-electron chi connectivity index (χ3n) is 2.71. The molecule has 17 heavy (non-hydrogen) atoms. The van der Waals surface area contributed by atoms with Gasteiger partial charge in [-0.15, -0.1) is 23.1 Å². The van der Waals surface area contributed by atoms with Gasteiger partial charge in [0.25, 0.3) is 0 Å². The summed E-state index contributed by atoms with van der Waals surface area (Å²) in [5.74, 6) is 1.20. The molecule has 1 aromatic heterocycles. The predicted octanol–water partition coefficient (Wildman–Crippen LogP) is 1.33. The Morgan fingerprint density at radius 3 is 3.00 bits per heavy atom. The third-order valence-corrected chi connectivity index (χ3v) is 4.50. The molecule has 1 saturated carbocycles. The van der Waals surface area contributed by atoms with Crippen LogP contribution in [0.15, 0.2) is 5.38 Å². The topological polar surface area (TPSA) is 62.2 Å². The van der Waals surface area contributed by atoms with Crippen LogP contribution in [0.3, 0.4) is 0 Å². The predicted molar refractivity (Wildman–Crippen MR) is 70.2 cm³/mol. The molecular weight excluding hydrogens is 256 g/mol. The number of carbonyl (C=O) groups excluding carboxylic acids is 1. The van der Waals surface area contributed by atoms with E-state index in [1.54, 1.807) is 23.1 Å². The van der Waals surface area contributed by atoms with Gasteiger partial charge in [0.05, 0.1) is 28.6 Å². The van der Waals surface area contributed by atoms with Gasteiger partial charge in [0.15, 0.2) is 0 Å². The number of rotatable bonds is 6. The molecule has 0 spiro atoms. The number of aromatic nitrogens is 1. The fourth-order valence-electron chi connectivity index (χ4n) is 1.53. The molecule has 2 N–H and O–H groups in total. The first-order valence-corrected chi connectivity index (χ1v) is 7.58. The lowest BCUT2D eigenvalue weighted by Crippen LogP contribution is -2.40. The zero-order chi connectivity index (χ0) is 12.3. The molecule has 2 rings (SSSR count). The highest BCUT2D eigenvalue weighted by Gasteiger charge is 2.43. The lowest BCUT2D eigenvalue weighted by atomic mass is 10.3. The van der Waals surface area contributed by atoms with Crippen molar-refractivity contribution in [3.8, 4) is 0 Å². The molecule has 0 unspecified atom stereocenters. The molecule has 0 bridgehead atoms. The average Bonchev–Trinajstić information content (AvgIpc) is 2.95. The van der Waals surface area contributed by atoms with Gasteiger partial charge in [-0.05, 0) is 19.8 Å². The second-order valence-electron chi connectivity index (χ2n) is 4.34. The number of aryl methyl sites for hydroxylation is 1. The number of nitrogens with one attached hydrogen (secondary N) is 1. The molecular formula is C11H16N2O2S2. The lowest BCUT2D eigenvalue weighted by Gasteiger charge is -2.13. The minimum absolute atomic E-state index is 0.00787. The van der Waals surface area contributed by atoms with Gasteiger partial charge in [0.1, 0.15) is 0 Å². The van der Waals surface area contributed by atoms with Crippen LogP contribution in [0.1, 0.15) is 23.5 Å². The number of hydrogen-bond donors (Lipinski definition) is 2. The monoisotopic (exact) mass is 272 g/mol. The van der Waals surface area contributed by atoms with Crippen LogP contribution in [-0.2, 0) is 10.5 Å². The molecule has 0 aliphatic heterocycles. The normalized spacial score (nSPS) is 16.8. The number of aliphatic hydroxyl groups excluding tert-OH is 1. The van der Waals surface area contributed by atoms with E-state index in [0.29, 0.717) is 5.75 Å². The van der Waals surface area contributed by atoms with Crippen LogP contribution < -0.4 is 5.32 Å². The van der Waals surface area contributed by atoms with Crippen molar-refractivity contribution in [2.75, 3.05) is 12.4 Å². The summed E-state index contributed by atoms with van der Waals surface area (Å²) in [4.78, 5) is 15.9. The van der Waals surface area contributed by atoms with Gasteiger partial charge >= 0.3 is 0 Å². The highest BCUT2D eigenvalue weighted by Crippen LogP contribution is 2.34. The van der Waals surface area contributed by atoms with Gasteiger partial charge in [0.2, 0.25) is 5.91 Å². The average molecular weight is 272 g/mol. The quantitative estimate of drug-likeness (QED) is 0.820. The Hall–Kier alpha value is -0.590. The van der Waals surface area contributed by atoms with Crippen molar-refractivity contribution < 1.29 is 9.90 Å². The smallest absolute Gasteiger partial charge is 0.230 e. The Labute approximate surface area is 109 Å². The first kappa shape index (κ1) is 12.9. The van der Waals surface area contributed by atoms with E-state index in [2.05, 4.69) is 10.3 Å². The van der Waals surface area contributed by atoms with Crippen molar-refractivity contribution in [3.63, 3.8) is 0 Å². The molecule has 4 nitrogen and oxygen atoms in total. The van der Waals surface area contributed by atoms with E-state index in [0.717, 1.165) is 29.3 Å². The first-order valence-electron chi connectivity index (χ1n) is 5.54. The Balaban J connectivity index is 1.66. The molecule has 0 aromatic carbocycles. The van der Waals surface area contributed by atoms with E-state index in [1.165, 1.54) is 0 Å². The minimum atomic E-state index is -0.297. The summed E-state index contributed by atoms with van der Waals surface area (Å²) in [6.07, 6.45) is 1.79. The van der Waals surface area contributed by atoms with Crippen LogP contribution in [-0.4, -0.2) is 33.9 Å². The van der Waals surface area contributed by atoms with Crippen LogP contribution in [0, 0.1) is 6.92 Å². The first-order chi connectivity index (χ1) is 8.13. The summed E-state index contributed by atoms with van der Waals surface area (Å²) in [7, 11) is 0. The van der Waals surface area contributed by atoms with Gasteiger partial charge < -0.3 is 10.4 Å². The molecule has 94 valence electrons. The summed E-state index contributed by atoms with van der Waals surface area (Å²) in [6, 6.07) is 0. The van der Waals surface area contributed by atoms with Crippen LogP contribution in [0.4, 0.5) is 0 Å². The standard InChI is InChI=1S/C11H16N2O2S2/c1-8-12-9(5-17-8)4-16-6-10(15)13-11(7-14)2-3-11/h5,14H,2-4,6-7H2,1H3,(H,13,15). The molecule has 0 radical (unpaired) electrons. The fraction of sp³-hybridized carbons (Fsp3) is 0.636. The summed E-state index contributed by atoms with van der Waals surface area (Å²) in [5, 5.41) is 15.0. The number of carbonyl (C=O) groups is 1. The Morgan fingerprint density at radius 2 is 2.47 bits per heavy atom. The zero-order valence-corrected chi connectivity index (χ0v) is 11.4. The summed E-state index contributed by atoms with van der Waals surface area (Å²) >= 11 is 3.19. The van der Waals surface area contributed by atoms with Gasteiger partial charge in [-0.3, -0.25) is 4.79 Å². The van der Waals surface area contributed by atoms with Crippen LogP contribution in [0.25, 0.3) is 0 Å². The van der Waals surface area contributed by atoms with E-state index >= 15 is 0 Å². The molecule has 0 atom stereocenters. The summed E-state index contributed by atoms with van der Waals surface area (Å²) in [6.45, 7) is 2.03. The molecule has 1 aliphatic rings. The Morgan fingerprint density at radius 1 is 1.71 bits per heavy atom. The number of thioether (sulfide) groups is 1. The van der Waals surface area contributed by atoms with Gasteiger partial charge in [0, 0.05) is 11.1 Å². The molecule has 1 fully saturated rings. The van der Waals surface area contributed by atoms with Gasteiger partial charge in [-0.1, -0.05) is 0 Å². The van der Waals surface area contributed by atoms with Gasteiger partial charge in [-0.25, -0.2) is 4.98 Å². The van der Waals surface area contributed by atoms with E-state index < -0.39 is 0 Å². The fourth-order valence-corrected chi connectivity index (χ4v) is 2.96. The second-order valence-corrected chi connectivity index (χ2v) is 6.39. The van der Waals surface area contributed by atoms with Crippen molar-refractivity contribution >= 4 is 29.0 Å². The van der Waals surface area contributed by atoms with E-state index in [1.807, 2.05) is 12.3 Å². The molecule has 1 heterocycles. The third kappa shape index (κ3) is 3.69. The molecule has 0 saturated heterocycles. The maximum Gasteiger partial charge on any atom is 0.230 e. The minimum Gasteiger partial charge on any atom is -0.394 e. The summed E-state index contributed by atoms with van der Waals surface area (Å²) in [5.41, 5.74) is 0.739. The molecule has 6 heteroatoms. The van der Waals surface area contributed by atoms with Crippen molar-refractivity contribution in [2.24, 2.45) is 0 Å². The van der Waals surface area contributed by atoms with Gasteiger partial charge in [-0.2, -0.15) is 0 Å². The summed E-state index contributed by atoms with van der Waals surface area (Å²) < 4.78 is 0. The Kier molecular flexibility index (Phi) is 4.06. The highest BCUT2D eigenvalue weighted by atomic mass is 32.2. The van der Waals surface area contributed by atoms with Crippen molar-refractivity contribution in [3.05, 3.63) is 16.1 Å². The molecule has 1 aliphatic carbocycles. The number of amides is 1. The number of nitrogens with zero attached hydrogens (tertiary/aromatic N) is 1. The second kappa shape index (κ2) is 5.37. The largest absolute Gasteiger partial charge is 0.394 e. The maximum atomic E-state index is 11.6. The van der Waals surface area contributed by atoms with E-state index in [-0.39, 0.29) is 18.1 Å². The lowest BCUT2D eigenvalue weighted by molar-refractivity contribution is -0.119. The van der Waals surface area contributed by atoms with Crippen molar-refractivity contribution in [2.45, 2.75) is 31.1 Å². The van der Waals surface area contributed by atoms with Crippen molar-refractivity contribution in [1.82, 2.24) is 10.3 Å².